The standard InChI is InChI=1S/C24H28N4O6S/c1-16(29)25-21-15-19(35(32,33)18-11-7-4-8-12-18)13-14-20(21)26-23(28-24(31)34-2)27-22(30)17-9-5-3-6-10-17/h4,7-8,11-15,17H,3,5-6,9-10H2,1-2H3,(H,25,29)(H2,26,27,28,30,31). The normalized spacial score (nSPS) is 14.6. The number of carbonyl (C=O) groups is 3. The van der Waals surface area contributed by atoms with E-state index in [-0.39, 0.29) is 39.0 Å². The van der Waals surface area contributed by atoms with Crippen molar-refractivity contribution in [1.82, 2.24) is 10.6 Å². The highest BCUT2D eigenvalue weighted by Gasteiger charge is 2.24. The summed E-state index contributed by atoms with van der Waals surface area (Å²) in [5.41, 5.74) is 0.216. The molecule has 1 saturated carbocycles. The van der Waals surface area contributed by atoms with Gasteiger partial charge in [0.2, 0.25) is 27.6 Å². The first-order chi connectivity index (χ1) is 16.7. The van der Waals surface area contributed by atoms with E-state index in [1.165, 1.54) is 44.4 Å². The molecule has 10 nitrogen and oxygen atoms in total. The van der Waals surface area contributed by atoms with E-state index in [0.29, 0.717) is 0 Å². The number of aliphatic imine (C=N–C) groups is 1. The minimum atomic E-state index is -3.86. The van der Waals surface area contributed by atoms with E-state index in [0.717, 1.165) is 32.1 Å². The number of sulfone groups is 1. The summed E-state index contributed by atoms with van der Waals surface area (Å²) >= 11 is 0. The molecular weight excluding hydrogens is 472 g/mol. The summed E-state index contributed by atoms with van der Waals surface area (Å²) in [6, 6.07) is 11.9. The van der Waals surface area contributed by atoms with Crippen molar-refractivity contribution in [3.63, 3.8) is 0 Å². The van der Waals surface area contributed by atoms with Crippen LogP contribution in [0.1, 0.15) is 39.0 Å². The molecule has 1 aliphatic carbocycles. The topological polar surface area (TPSA) is 143 Å². The summed E-state index contributed by atoms with van der Waals surface area (Å²) in [5, 5.41) is 7.54. The van der Waals surface area contributed by atoms with Gasteiger partial charge in [-0.1, -0.05) is 37.5 Å². The number of alkyl carbamates (subject to hydrolysis) is 1. The number of nitrogens with one attached hydrogen (secondary N) is 3. The van der Waals surface area contributed by atoms with Crippen molar-refractivity contribution in [2.75, 3.05) is 12.4 Å². The Kier molecular flexibility index (Phi) is 8.58. The van der Waals surface area contributed by atoms with Gasteiger partial charge in [0.15, 0.2) is 0 Å². The third-order valence-corrected chi connectivity index (χ3v) is 7.27. The summed E-state index contributed by atoms with van der Waals surface area (Å²) in [7, 11) is -2.69. The molecule has 0 spiro atoms. The molecule has 11 heteroatoms. The minimum Gasteiger partial charge on any atom is -0.453 e. The van der Waals surface area contributed by atoms with E-state index in [4.69, 9.17) is 0 Å². The second kappa shape index (κ2) is 11.6. The molecule has 2 aromatic carbocycles. The highest BCUT2D eigenvalue weighted by Crippen LogP contribution is 2.31. The van der Waals surface area contributed by atoms with Crippen molar-refractivity contribution in [3.8, 4) is 0 Å². The number of guanidine groups is 1. The molecule has 0 atom stereocenters. The number of anilines is 1. The highest BCUT2D eigenvalue weighted by molar-refractivity contribution is 7.91. The number of carbonyl (C=O) groups excluding carboxylic acids is 3. The predicted octanol–water partition coefficient (Wildman–Crippen LogP) is 3.52. The van der Waals surface area contributed by atoms with Crippen LogP contribution >= 0.6 is 0 Å². The maximum absolute atomic E-state index is 13.0. The molecule has 0 aromatic heterocycles. The molecule has 0 heterocycles. The van der Waals surface area contributed by atoms with Crippen molar-refractivity contribution < 1.29 is 27.5 Å². The van der Waals surface area contributed by atoms with Crippen molar-refractivity contribution >= 4 is 45.1 Å². The van der Waals surface area contributed by atoms with Crippen LogP contribution in [0.25, 0.3) is 0 Å². The molecular formula is C24H28N4O6S. The molecule has 186 valence electrons. The van der Waals surface area contributed by atoms with E-state index < -0.39 is 21.8 Å². The van der Waals surface area contributed by atoms with Gasteiger partial charge in [-0.3, -0.25) is 20.2 Å². The molecule has 0 bridgehead atoms. The maximum atomic E-state index is 13.0. The van der Waals surface area contributed by atoms with Gasteiger partial charge in [0, 0.05) is 12.8 Å². The number of hydrogen-bond acceptors (Lipinski definition) is 7. The number of nitrogens with zero attached hydrogens (tertiary/aromatic N) is 1. The molecule has 35 heavy (non-hydrogen) atoms. The van der Waals surface area contributed by atoms with Crippen molar-refractivity contribution in [2.24, 2.45) is 10.9 Å². The summed E-state index contributed by atoms with van der Waals surface area (Å²) in [6.45, 7) is 1.27. The quantitative estimate of drug-likeness (QED) is 0.423. The smallest absolute Gasteiger partial charge is 0.413 e. The fourth-order valence-corrected chi connectivity index (χ4v) is 5.05. The Bertz CT molecular complexity index is 1220. The monoisotopic (exact) mass is 500 g/mol. The lowest BCUT2D eigenvalue weighted by molar-refractivity contribution is -0.124. The summed E-state index contributed by atoms with van der Waals surface area (Å²) in [6.07, 6.45) is 3.58. The zero-order chi connectivity index (χ0) is 25.4. The Balaban J connectivity index is 1.99. The van der Waals surface area contributed by atoms with E-state index in [1.54, 1.807) is 18.2 Å². The first-order valence-electron chi connectivity index (χ1n) is 11.2. The third-order valence-electron chi connectivity index (χ3n) is 5.50. The molecule has 0 aliphatic heterocycles. The number of rotatable bonds is 5. The number of hydrogen-bond donors (Lipinski definition) is 3. The molecule has 3 amide bonds. The third kappa shape index (κ3) is 6.89. The van der Waals surface area contributed by atoms with Crippen LogP contribution in [0.4, 0.5) is 16.2 Å². The lowest BCUT2D eigenvalue weighted by Gasteiger charge is -2.21. The number of ether oxygens (including phenoxy) is 1. The summed E-state index contributed by atoms with van der Waals surface area (Å²) < 4.78 is 30.7. The van der Waals surface area contributed by atoms with Gasteiger partial charge in [-0.05, 0) is 43.2 Å². The first-order valence-corrected chi connectivity index (χ1v) is 12.7. The molecule has 3 N–H and O–H groups in total. The van der Waals surface area contributed by atoms with Crippen LogP contribution in [0.15, 0.2) is 63.3 Å². The molecule has 0 radical (unpaired) electrons. The lowest BCUT2D eigenvalue weighted by atomic mass is 9.89. The van der Waals surface area contributed by atoms with Crippen LogP contribution in [0.3, 0.4) is 0 Å². The molecule has 0 saturated heterocycles. The van der Waals surface area contributed by atoms with Crippen LogP contribution in [0.5, 0.6) is 0 Å². The molecule has 1 fully saturated rings. The van der Waals surface area contributed by atoms with Gasteiger partial charge in [-0.15, -0.1) is 0 Å². The largest absolute Gasteiger partial charge is 0.453 e. The van der Waals surface area contributed by atoms with Gasteiger partial charge in [-0.2, -0.15) is 0 Å². The van der Waals surface area contributed by atoms with Crippen LogP contribution in [0, 0.1) is 5.92 Å². The van der Waals surface area contributed by atoms with E-state index in [2.05, 4.69) is 25.7 Å². The van der Waals surface area contributed by atoms with Gasteiger partial charge >= 0.3 is 6.09 Å². The molecule has 0 unspecified atom stereocenters. The molecule has 2 aromatic rings. The van der Waals surface area contributed by atoms with Gasteiger partial charge in [-0.25, -0.2) is 18.2 Å². The Morgan fingerprint density at radius 3 is 2.26 bits per heavy atom. The Morgan fingerprint density at radius 2 is 1.63 bits per heavy atom. The Hall–Kier alpha value is -3.73. The van der Waals surface area contributed by atoms with Crippen LogP contribution in [-0.4, -0.2) is 39.4 Å². The average molecular weight is 501 g/mol. The average Bonchev–Trinajstić information content (AvgIpc) is 2.85. The highest BCUT2D eigenvalue weighted by atomic mass is 32.2. The van der Waals surface area contributed by atoms with Crippen LogP contribution in [-0.2, 0) is 24.2 Å². The Morgan fingerprint density at radius 1 is 0.943 bits per heavy atom. The maximum Gasteiger partial charge on any atom is 0.413 e. The molecule has 1 aliphatic rings. The van der Waals surface area contributed by atoms with Crippen LogP contribution < -0.4 is 16.0 Å². The first kappa shape index (κ1) is 25.9. The predicted molar refractivity (Wildman–Crippen MR) is 130 cm³/mol. The van der Waals surface area contributed by atoms with E-state index in [1.807, 2.05) is 0 Å². The van der Waals surface area contributed by atoms with Gasteiger partial charge in [0.25, 0.3) is 0 Å². The van der Waals surface area contributed by atoms with Gasteiger partial charge in [0.1, 0.15) is 0 Å². The fraction of sp³-hybridized carbons (Fsp3) is 0.333. The minimum absolute atomic E-state index is 0.0554. The second-order valence-corrected chi connectivity index (χ2v) is 10.0. The Labute approximate surface area is 204 Å². The fourth-order valence-electron chi connectivity index (χ4n) is 3.74. The van der Waals surface area contributed by atoms with Crippen molar-refractivity contribution in [3.05, 3.63) is 48.5 Å². The SMILES string of the molecule is COC(=O)NC(=Nc1ccc(S(=O)(=O)c2ccccc2)cc1NC(C)=O)NC(=O)C1CCCCC1. The van der Waals surface area contributed by atoms with Gasteiger partial charge < -0.3 is 10.1 Å². The van der Waals surface area contributed by atoms with Gasteiger partial charge in [0.05, 0.1) is 28.3 Å². The number of benzene rings is 2. The summed E-state index contributed by atoms with van der Waals surface area (Å²) in [4.78, 5) is 40.8. The van der Waals surface area contributed by atoms with Crippen LogP contribution in [0.2, 0.25) is 0 Å². The zero-order valence-electron chi connectivity index (χ0n) is 19.5. The van der Waals surface area contributed by atoms with Crippen molar-refractivity contribution in [2.45, 2.75) is 48.8 Å². The lowest BCUT2D eigenvalue weighted by Crippen LogP contribution is -2.46. The number of methoxy groups -OCH3 is 1. The molecule has 3 rings (SSSR count). The number of amides is 3. The second-order valence-electron chi connectivity index (χ2n) is 8.08. The zero-order valence-corrected chi connectivity index (χ0v) is 20.4. The van der Waals surface area contributed by atoms with E-state index in [9.17, 15) is 22.8 Å². The van der Waals surface area contributed by atoms with E-state index >= 15 is 0 Å². The van der Waals surface area contributed by atoms with Crippen molar-refractivity contribution in [1.29, 1.82) is 0 Å². The summed E-state index contributed by atoms with van der Waals surface area (Å²) in [5.74, 6) is -1.15.